The predicted octanol–water partition coefficient (Wildman–Crippen LogP) is 3.68. The van der Waals surface area contributed by atoms with E-state index in [2.05, 4.69) is 9.88 Å². The van der Waals surface area contributed by atoms with Gasteiger partial charge in [-0.1, -0.05) is 31.0 Å². The molecule has 1 fully saturated rings. The van der Waals surface area contributed by atoms with Gasteiger partial charge in [0.25, 0.3) is 10.0 Å². The lowest BCUT2D eigenvalue weighted by atomic mass is 10.2. The number of rotatable bonds is 5. The lowest BCUT2D eigenvalue weighted by molar-refractivity contribution is 0.591. The number of hydrogen-bond donors (Lipinski definition) is 0. The fraction of sp³-hybridized carbons (Fsp3) is 0.421. The van der Waals surface area contributed by atoms with Crippen molar-refractivity contribution >= 4 is 21.5 Å². The molecule has 0 radical (unpaired) electrons. The Labute approximate surface area is 150 Å². The summed E-state index contributed by atoms with van der Waals surface area (Å²) in [5, 5.41) is 0. The molecule has 1 aromatic carbocycles. The zero-order valence-electron chi connectivity index (χ0n) is 14.6. The summed E-state index contributed by atoms with van der Waals surface area (Å²) in [4.78, 5) is 6.92. The average molecular weight is 359 g/mol. The Morgan fingerprint density at radius 3 is 2.24 bits per heavy atom. The van der Waals surface area contributed by atoms with Crippen LogP contribution in [-0.4, -0.2) is 33.0 Å². The molecule has 25 heavy (non-hydrogen) atoms. The number of sulfonamides is 1. The van der Waals surface area contributed by atoms with Crippen LogP contribution in [0.1, 0.15) is 32.6 Å². The minimum Gasteiger partial charge on any atom is -0.357 e. The molecule has 2 aromatic rings. The Kier molecular flexibility index (Phi) is 5.58. The molecule has 0 saturated carbocycles. The van der Waals surface area contributed by atoms with Crippen molar-refractivity contribution in [3.63, 3.8) is 0 Å². The number of pyridine rings is 1. The largest absolute Gasteiger partial charge is 0.357 e. The summed E-state index contributed by atoms with van der Waals surface area (Å²) in [6.07, 6.45) is 6.33. The van der Waals surface area contributed by atoms with E-state index in [1.54, 1.807) is 18.2 Å². The van der Waals surface area contributed by atoms with E-state index >= 15 is 0 Å². The van der Waals surface area contributed by atoms with Crippen LogP contribution in [0.2, 0.25) is 0 Å². The smallest absolute Gasteiger partial charge is 0.265 e. The standard InChI is InChI=1S/C19H25N3O2S/c1-2-22(17-10-6-5-7-11-17)25(23,24)18-12-13-19(20-16-18)21-14-8-3-4-9-15-21/h5-7,10-13,16H,2-4,8-9,14-15H2,1H3. The van der Waals surface area contributed by atoms with E-state index in [9.17, 15) is 8.42 Å². The SMILES string of the molecule is CCN(c1ccccc1)S(=O)(=O)c1ccc(N2CCCCCC2)nc1. The Bertz CT molecular complexity index is 768. The lowest BCUT2D eigenvalue weighted by Crippen LogP contribution is -2.31. The molecule has 6 heteroatoms. The van der Waals surface area contributed by atoms with Crippen molar-refractivity contribution in [2.75, 3.05) is 28.8 Å². The van der Waals surface area contributed by atoms with Gasteiger partial charge in [0.05, 0.1) is 5.69 Å². The first-order valence-electron chi connectivity index (χ1n) is 8.91. The van der Waals surface area contributed by atoms with Crippen molar-refractivity contribution in [1.82, 2.24) is 4.98 Å². The molecule has 3 rings (SSSR count). The van der Waals surface area contributed by atoms with Crippen LogP contribution in [0.25, 0.3) is 0 Å². The Hall–Kier alpha value is -2.08. The average Bonchev–Trinajstić information content (AvgIpc) is 2.92. The quantitative estimate of drug-likeness (QED) is 0.817. The van der Waals surface area contributed by atoms with Gasteiger partial charge in [-0.05, 0) is 44.0 Å². The predicted molar refractivity (Wildman–Crippen MR) is 102 cm³/mol. The molecule has 0 aliphatic carbocycles. The van der Waals surface area contributed by atoms with Crippen LogP contribution >= 0.6 is 0 Å². The van der Waals surface area contributed by atoms with Gasteiger partial charge in [-0.15, -0.1) is 0 Å². The van der Waals surface area contributed by atoms with Gasteiger partial charge in [0.15, 0.2) is 0 Å². The summed E-state index contributed by atoms with van der Waals surface area (Å²) in [7, 11) is -3.61. The molecule has 2 heterocycles. The number of para-hydroxylation sites is 1. The van der Waals surface area contributed by atoms with Crippen LogP contribution in [0.15, 0.2) is 53.6 Å². The van der Waals surface area contributed by atoms with Crippen LogP contribution in [0.5, 0.6) is 0 Å². The van der Waals surface area contributed by atoms with Gasteiger partial charge in [0, 0.05) is 25.8 Å². The summed E-state index contributed by atoms with van der Waals surface area (Å²) in [6.45, 7) is 4.19. The van der Waals surface area contributed by atoms with Gasteiger partial charge in [-0.3, -0.25) is 4.31 Å². The van der Waals surface area contributed by atoms with E-state index in [4.69, 9.17) is 0 Å². The molecule has 0 spiro atoms. The van der Waals surface area contributed by atoms with Gasteiger partial charge < -0.3 is 4.90 Å². The van der Waals surface area contributed by atoms with Crippen molar-refractivity contribution in [2.24, 2.45) is 0 Å². The van der Waals surface area contributed by atoms with E-state index in [-0.39, 0.29) is 4.90 Å². The van der Waals surface area contributed by atoms with Gasteiger partial charge in [0.1, 0.15) is 10.7 Å². The third kappa shape index (κ3) is 3.95. The maximum absolute atomic E-state index is 13.0. The summed E-state index contributed by atoms with van der Waals surface area (Å²) in [5.74, 6) is 0.864. The van der Waals surface area contributed by atoms with Crippen LogP contribution < -0.4 is 9.21 Å². The van der Waals surface area contributed by atoms with Crippen molar-refractivity contribution in [1.29, 1.82) is 0 Å². The van der Waals surface area contributed by atoms with Gasteiger partial charge in [-0.25, -0.2) is 13.4 Å². The van der Waals surface area contributed by atoms with Gasteiger partial charge in [0.2, 0.25) is 0 Å². The molecule has 0 amide bonds. The number of hydrogen-bond acceptors (Lipinski definition) is 4. The van der Waals surface area contributed by atoms with Crippen LogP contribution in [0, 0.1) is 0 Å². The highest BCUT2D eigenvalue weighted by molar-refractivity contribution is 7.92. The third-order valence-electron chi connectivity index (χ3n) is 4.57. The molecule has 1 saturated heterocycles. The maximum Gasteiger partial charge on any atom is 0.265 e. The van der Waals surface area contributed by atoms with E-state index < -0.39 is 10.0 Å². The number of benzene rings is 1. The molecule has 0 atom stereocenters. The highest BCUT2D eigenvalue weighted by atomic mass is 32.2. The second kappa shape index (κ2) is 7.87. The van der Waals surface area contributed by atoms with Crippen molar-refractivity contribution in [2.45, 2.75) is 37.5 Å². The second-order valence-electron chi connectivity index (χ2n) is 6.26. The second-order valence-corrected chi connectivity index (χ2v) is 8.12. The fourth-order valence-corrected chi connectivity index (χ4v) is 4.64. The molecule has 1 aliphatic heterocycles. The minimum absolute atomic E-state index is 0.233. The Morgan fingerprint density at radius 1 is 1.00 bits per heavy atom. The molecule has 5 nitrogen and oxygen atoms in total. The highest BCUT2D eigenvalue weighted by Crippen LogP contribution is 2.24. The Balaban J connectivity index is 1.84. The van der Waals surface area contributed by atoms with Crippen LogP contribution in [0.3, 0.4) is 0 Å². The molecular weight excluding hydrogens is 334 g/mol. The number of nitrogens with zero attached hydrogens (tertiary/aromatic N) is 3. The maximum atomic E-state index is 13.0. The minimum atomic E-state index is -3.61. The van der Waals surface area contributed by atoms with E-state index in [1.165, 1.54) is 36.2 Å². The van der Waals surface area contributed by atoms with Gasteiger partial charge >= 0.3 is 0 Å². The first-order chi connectivity index (χ1) is 12.1. The van der Waals surface area contributed by atoms with Crippen molar-refractivity contribution in [3.8, 4) is 0 Å². The van der Waals surface area contributed by atoms with Crippen LogP contribution in [-0.2, 0) is 10.0 Å². The molecule has 0 bridgehead atoms. The van der Waals surface area contributed by atoms with Crippen LogP contribution in [0.4, 0.5) is 11.5 Å². The molecule has 0 N–H and O–H groups in total. The first kappa shape index (κ1) is 17.7. The van der Waals surface area contributed by atoms with Crippen molar-refractivity contribution < 1.29 is 8.42 Å². The third-order valence-corrected chi connectivity index (χ3v) is 6.46. The zero-order chi connectivity index (χ0) is 17.7. The monoisotopic (exact) mass is 359 g/mol. The summed E-state index contributed by atoms with van der Waals surface area (Å²) in [6, 6.07) is 12.7. The lowest BCUT2D eigenvalue weighted by Gasteiger charge is -2.24. The Morgan fingerprint density at radius 2 is 1.68 bits per heavy atom. The van der Waals surface area contributed by atoms with E-state index in [0.29, 0.717) is 12.2 Å². The summed E-state index contributed by atoms with van der Waals surface area (Å²) in [5.41, 5.74) is 0.668. The molecule has 1 aliphatic rings. The normalized spacial score (nSPS) is 15.6. The van der Waals surface area contributed by atoms with Crippen molar-refractivity contribution in [3.05, 3.63) is 48.7 Å². The zero-order valence-corrected chi connectivity index (χ0v) is 15.5. The fourth-order valence-electron chi connectivity index (χ4n) is 3.22. The molecule has 0 unspecified atom stereocenters. The van der Waals surface area contributed by atoms with E-state index in [1.807, 2.05) is 31.2 Å². The topological polar surface area (TPSA) is 53.5 Å². The molecule has 1 aromatic heterocycles. The molecule has 134 valence electrons. The van der Waals surface area contributed by atoms with Gasteiger partial charge in [-0.2, -0.15) is 0 Å². The number of aromatic nitrogens is 1. The number of anilines is 2. The summed E-state index contributed by atoms with van der Waals surface area (Å²) >= 11 is 0. The molecular formula is C19H25N3O2S. The summed E-state index contributed by atoms with van der Waals surface area (Å²) < 4.78 is 27.4. The first-order valence-corrected chi connectivity index (χ1v) is 10.4. The highest BCUT2D eigenvalue weighted by Gasteiger charge is 2.24. The van der Waals surface area contributed by atoms with E-state index in [0.717, 1.165) is 18.9 Å².